The molecule has 1 aromatic carbocycles. The second-order valence-electron chi connectivity index (χ2n) is 6.82. The van der Waals surface area contributed by atoms with Crippen LogP contribution in [0.25, 0.3) is 0 Å². The fraction of sp³-hybridized carbons (Fsp3) is 0.526. The lowest BCUT2D eigenvalue weighted by Gasteiger charge is -2.26. The molecule has 2 heterocycles. The molecule has 0 bridgehead atoms. The summed E-state index contributed by atoms with van der Waals surface area (Å²) in [6, 6.07) is 10.7. The summed E-state index contributed by atoms with van der Waals surface area (Å²) in [4.78, 5) is 9.13. The van der Waals surface area contributed by atoms with E-state index in [2.05, 4.69) is 39.1 Å². The van der Waals surface area contributed by atoms with Crippen molar-refractivity contribution in [1.82, 2.24) is 19.9 Å². The Bertz CT molecular complexity index is 735. The minimum absolute atomic E-state index is 0.536. The Balaban J connectivity index is 1.53. The smallest absolute Gasteiger partial charge is 0.223 e. The number of hydrogen-bond acceptors (Lipinski definition) is 6. The Morgan fingerprint density at radius 3 is 3.00 bits per heavy atom. The summed E-state index contributed by atoms with van der Waals surface area (Å²) >= 11 is 0. The van der Waals surface area contributed by atoms with Crippen LogP contribution < -0.4 is 0 Å². The molecule has 1 aliphatic heterocycles. The molecule has 3 rings (SSSR count). The van der Waals surface area contributed by atoms with Crippen molar-refractivity contribution in [2.45, 2.75) is 45.3 Å². The standard InChI is InChI=1S/C19H25N5O/c1-15-21-19(22-25-15)14-23(2)18-7-4-9-24(10-8-18)13-17-6-3-5-16(11-17)12-20/h3,5-6,11,18H,4,7-10,13-14H2,1-2H3. The monoisotopic (exact) mass is 339 g/mol. The fourth-order valence-corrected chi connectivity index (χ4v) is 3.49. The number of hydrogen-bond donors (Lipinski definition) is 0. The second kappa shape index (κ2) is 8.24. The van der Waals surface area contributed by atoms with Gasteiger partial charge in [0.15, 0.2) is 5.82 Å². The minimum atomic E-state index is 0.536. The van der Waals surface area contributed by atoms with Gasteiger partial charge >= 0.3 is 0 Å². The third-order valence-electron chi connectivity index (χ3n) is 4.84. The van der Waals surface area contributed by atoms with Crippen molar-refractivity contribution in [2.24, 2.45) is 0 Å². The molecule has 2 aromatic rings. The maximum Gasteiger partial charge on any atom is 0.223 e. The van der Waals surface area contributed by atoms with E-state index in [0.29, 0.717) is 11.9 Å². The molecule has 0 N–H and O–H groups in total. The molecule has 1 unspecified atom stereocenters. The van der Waals surface area contributed by atoms with E-state index >= 15 is 0 Å². The van der Waals surface area contributed by atoms with Crippen LogP contribution in [0, 0.1) is 18.3 Å². The summed E-state index contributed by atoms with van der Waals surface area (Å²) < 4.78 is 5.06. The van der Waals surface area contributed by atoms with Crippen molar-refractivity contribution in [3.63, 3.8) is 0 Å². The predicted molar refractivity (Wildman–Crippen MR) is 94.6 cm³/mol. The number of nitrogens with zero attached hydrogens (tertiary/aromatic N) is 5. The molecule has 132 valence electrons. The summed E-state index contributed by atoms with van der Waals surface area (Å²) in [6.07, 6.45) is 3.49. The second-order valence-corrected chi connectivity index (χ2v) is 6.82. The highest BCUT2D eigenvalue weighted by atomic mass is 16.5. The summed E-state index contributed by atoms with van der Waals surface area (Å²) in [6.45, 7) is 5.63. The summed E-state index contributed by atoms with van der Waals surface area (Å²) in [5, 5.41) is 13.0. The highest BCUT2D eigenvalue weighted by Crippen LogP contribution is 2.19. The van der Waals surface area contributed by atoms with Crippen LogP contribution in [0.3, 0.4) is 0 Å². The number of aromatic nitrogens is 2. The molecular formula is C19H25N5O. The zero-order valence-electron chi connectivity index (χ0n) is 15.0. The van der Waals surface area contributed by atoms with Crippen LogP contribution in [-0.2, 0) is 13.1 Å². The lowest BCUT2D eigenvalue weighted by molar-refractivity contribution is 0.200. The van der Waals surface area contributed by atoms with Crippen molar-refractivity contribution in [3.8, 4) is 6.07 Å². The molecule has 0 spiro atoms. The van der Waals surface area contributed by atoms with Crippen molar-refractivity contribution in [2.75, 3.05) is 20.1 Å². The van der Waals surface area contributed by atoms with Crippen molar-refractivity contribution in [3.05, 3.63) is 47.1 Å². The van der Waals surface area contributed by atoms with Gasteiger partial charge in [-0.05, 0) is 57.1 Å². The highest BCUT2D eigenvalue weighted by Gasteiger charge is 2.21. The van der Waals surface area contributed by atoms with E-state index in [1.807, 2.05) is 25.1 Å². The molecule has 0 amide bonds. The number of nitriles is 1. The van der Waals surface area contributed by atoms with Gasteiger partial charge in [0.1, 0.15) is 0 Å². The first-order valence-electron chi connectivity index (χ1n) is 8.85. The van der Waals surface area contributed by atoms with Gasteiger partial charge in [-0.2, -0.15) is 10.2 Å². The Morgan fingerprint density at radius 1 is 1.36 bits per heavy atom. The molecule has 1 atom stereocenters. The summed E-state index contributed by atoms with van der Waals surface area (Å²) in [5.41, 5.74) is 1.95. The van der Waals surface area contributed by atoms with E-state index in [1.54, 1.807) is 0 Å². The molecule has 0 aliphatic carbocycles. The number of likely N-dealkylation sites (tertiary alicyclic amines) is 1. The van der Waals surface area contributed by atoms with Gasteiger partial charge in [0, 0.05) is 19.5 Å². The lowest BCUT2D eigenvalue weighted by atomic mass is 10.1. The Kier molecular flexibility index (Phi) is 5.79. The van der Waals surface area contributed by atoms with E-state index in [-0.39, 0.29) is 0 Å². The van der Waals surface area contributed by atoms with Crippen LogP contribution in [-0.4, -0.2) is 46.1 Å². The van der Waals surface area contributed by atoms with Crippen LogP contribution in [0.4, 0.5) is 0 Å². The molecular weight excluding hydrogens is 314 g/mol. The van der Waals surface area contributed by atoms with Crippen LogP contribution in [0.15, 0.2) is 28.8 Å². The number of rotatable bonds is 5. The van der Waals surface area contributed by atoms with Gasteiger partial charge in [0.25, 0.3) is 0 Å². The van der Waals surface area contributed by atoms with E-state index in [4.69, 9.17) is 9.78 Å². The predicted octanol–water partition coefficient (Wildman–Crippen LogP) is 2.74. The third-order valence-corrected chi connectivity index (χ3v) is 4.84. The van der Waals surface area contributed by atoms with Crippen LogP contribution in [0.2, 0.25) is 0 Å². The van der Waals surface area contributed by atoms with Crippen LogP contribution >= 0.6 is 0 Å². The van der Waals surface area contributed by atoms with Gasteiger partial charge in [-0.3, -0.25) is 9.80 Å². The number of aryl methyl sites for hydroxylation is 1. The maximum atomic E-state index is 9.05. The molecule has 25 heavy (non-hydrogen) atoms. The van der Waals surface area contributed by atoms with E-state index in [0.717, 1.165) is 44.0 Å². The first kappa shape index (κ1) is 17.6. The Labute approximate surface area is 149 Å². The van der Waals surface area contributed by atoms with Crippen molar-refractivity contribution >= 4 is 0 Å². The molecule has 1 saturated heterocycles. The van der Waals surface area contributed by atoms with Crippen LogP contribution in [0.5, 0.6) is 0 Å². The Hall–Kier alpha value is -2.23. The summed E-state index contributed by atoms with van der Waals surface area (Å²) in [5.74, 6) is 1.38. The SMILES string of the molecule is Cc1nc(CN(C)C2CCCN(Cc3cccc(C#N)c3)CC2)no1. The van der Waals surface area contributed by atoms with Crippen LogP contribution in [0.1, 0.15) is 42.1 Å². The molecule has 0 saturated carbocycles. The molecule has 1 aromatic heterocycles. The minimum Gasteiger partial charge on any atom is -0.340 e. The van der Waals surface area contributed by atoms with Gasteiger partial charge < -0.3 is 4.52 Å². The normalized spacial score (nSPS) is 18.9. The topological polar surface area (TPSA) is 69.2 Å². The van der Waals surface area contributed by atoms with E-state index < -0.39 is 0 Å². The third kappa shape index (κ3) is 4.88. The fourth-order valence-electron chi connectivity index (χ4n) is 3.49. The quantitative estimate of drug-likeness (QED) is 0.834. The van der Waals surface area contributed by atoms with Gasteiger partial charge in [-0.1, -0.05) is 17.3 Å². The molecule has 0 radical (unpaired) electrons. The molecule has 1 aliphatic rings. The first-order chi connectivity index (χ1) is 12.1. The molecule has 6 nitrogen and oxygen atoms in total. The maximum absolute atomic E-state index is 9.05. The zero-order valence-corrected chi connectivity index (χ0v) is 15.0. The summed E-state index contributed by atoms with van der Waals surface area (Å²) in [7, 11) is 2.14. The average molecular weight is 339 g/mol. The van der Waals surface area contributed by atoms with E-state index in [9.17, 15) is 0 Å². The Morgan fingerprint density at radius 2 is 2.24 bits per heavy atom. The lowest BCUT2D eigenvalue weighted by Crippen LogP contribution is -2.33. The van der Waals surface area contributed by atoms with Gasteiger partial charge in [-0.25, -0.2) is 0 Å². The van der Waals surface area contributed by atoms with Gasteiger partial charge in [0.2, 0.25) is 5.89 Å². The highest BCUT2D eigenvalue weighted by molar-refractivity contribution is 5.32. The zero-order chi connectivity index (χ0) is 17.6. The average Bonchev–Trinajstić information content (AvgIpc) is 2.88. The molecule has 1 fully saturated rings. The molecule has 6 heteroatoms. The first-order valence-corrected chi connectivity index (χ1v) is 8.85. The largest absolute Gasteiger partial charge is 0.340 e. The van der Waals surface area contributed by atoms with Crippen molar-refractivity contribution in [1.29, 1.82) is 5.26 Å². The van der Waals surface area contributed by atoms with Crippen molar-refractivity contribution < 1.29 is 4.52 Å². The van der Waals surface area contributed by atoms with E-state index in [1.165, 1.54) is 18.4 Å². The number of benzene rings is 1. The van der Waals surface area contributed by atoms with Gasteiger partial charge in [0.05, 0.1) is 18.2 Å². The van der Waals surface area contributed by atoms with Gasteiger partial charge in [-0.15, -0.1) is 0 Å².